The van der Waals surface area contributed by atoms with E-state index >= 15 is 0 Å². The molecule has 0 amide bonds. The Labute approximate surface area is 107 Å². The number of pyridine rings is 1. The zero-order valence-electron chi connectivity index (χ0n) is 10.7. The van der Waals surface area contributed by atoms with Crippen molar-refractivity contribution in [1.82, 2.24) is 10.3 Å². The molecule has 1 atom stereocenters. The van der Waals surface area contributed by atoms with Gasteiger partial charge in [0.05, 0.1) is 5.69 Å². The van der Waals surface area contributed by atoms with Crippen LogP contribution < -0.4 is 5.32 Å². The van der Waals surface area contributed by atoms with Crippen molar-refractivity contribution in [3.8, 4) is 0 Å². The quantitative estimate of drug-likeness (QED) is 0.847. The SMILES string of the molecule is Cc1ccc(C(C)(O)CNCc2ccccn2)o1. The summed E-state index contributed by atoms with van der Waals surface area (Å²) in [6, 6.07) is 9.42. The molecule has 0 fully saturated rings. The van der Waals surface area contributed by atoms with Crippen molar-refractivity contribution in [1.29, 1.82) is 0 Å². The molecule has 18 heavy (non-hydrogen) atoms. The Morgan fingerprint density at radius 2 is 2.17 bits per heavy atom. The van der Waals surface area contributed by atoms with Gasteiger partial charge in [-0.05, 0) is 38.1 Å². The topological polar surface area (TPSA) is 58.3 Å². The van der Waals surface area contributed by atoms with Crippen molar-refractivity contribution in [2.24, 2.45) is 0 Å². The third-order valence-electron chi connectivity index (χ3n) is 2.77. The summed E-state index contributed by atoms with van der Waals surface area (Å²) in [5.41, 5.74) is -0.0628. The van der Waals surface area contributed by atoms with Gasteiger partial charge in [0.1, 0.15) is 17.1 Å². The highest BCUT2D eigenvalue weighted by atomic mass is 16.4. The highest BCUT2D eigenvalue weighted by molar-refractivity contribution is 5.13. The highest BCUT2D eigenvalue weighted by Gasteiger charge is 2.26. The molecule has 2 aromatic heterocycles. The average molecular weight is 246 g/mol. The molecular weight excluding hydrogens is 228 g/mol. The van der Waals surface area contributed by atoms with Crippen LogP contribution in [0, 0.1) is 6.92 Å². The minimum atomic E-state index is -1.01. The van der Waals surface area contributed by atoms with Crippen LogP contribution in [-0.4, -0.2) is 16.6 Å². The van der Waals surface area contributed by atoms with Gasteiger partial charge in [-0.1, -0.05) is 6.07 Å². The van der Waals surface area contributed by atoms with E-state index in [9.17, 15) is 5.11 Å². The smallest absolute Gasteiger partial charge is 0.136 e. The number of aliphatic hydroxyl groups is 1. The van der Waals surface area contributed by atoms with Gasteiger partial charge in [0.2, 0.25) is 0 Å². The molecule has 0 aromatic carbocycles. The Kier molecular flexibility index (Phi) is 3.79. The lowest BCUT2D eigenvalue weighted by Crippen LogP contribution is -2.34. The van der Waals surface area contributed by atoms with Crippen LogP contribution in [0.5, 0.6) is 0 Å². The normalized spacial score (nSPS) is 14.4. The molecule has 4 heteroatoms. The van der Waals surface area contributed by atoms with E-state index in [0.717, 1.165) is 11.5 Å². The molecule has 96 valence electrons. The van der Waals surface area contributed by atoms with Crippen molar-refractivity contribution < 1.29 is 9.52 Å². The molecule has 2 heterocycles. The van der Waals surface area contributed by atoms with Gasteiger partial charge in [0.15, 0.2) is 0 Å². The highest BCUT2D eigenvalue weighted by Crippen LogP contribution is 2.21. The van der Waals surface area contributed by atoms with Gasteiger partial charge < -0.3 is 14.8 Å². The lowest BCUT2D eigenvalue weighted by molar-refractivity contribution is 0.0332. The number of aromatic nitrogens is 1. The number of furan rings is 1. The van der Waals surface area contributed by atoms with Gasteiger partial charge in [-0.25, -0.2) is 0 Å². The maximum atomic E-state index is 10.3. The molecule has 0 spiro atoms. The lowest BCUT2D eigenvalue weighted by Gasteiger charge is -2.21. The molecule has 2 rings (SSSR count). The number of nitrogens with one attached hydrogen (secondary N) is 1. The molecule has 0 bridgehead atoms. The fourth-order valence-corrected chi connectivity index (χ4v) is 1.75. The van der Waals surface area contributed by atoms with Crippen LogP contribution in [0.15, 0.2) is 40.9 Å². The number of aryl methyl sites for hydroxylation is 1. The first-order chi connectivity index (χ1) is 8.58. The summed E-state index contributed by atoms with van der Waals surface area (Å²) in [6.07, 6.45) is 1.76. The van der Waals surface area contributed by atoms with Crippen LogP contribution in [0.1, 0.15) is 24.1 Å². The van der Waals surface area contributed by atoms with E-state index in [4.69, 9.17) is 4.42 Å². The van der Waals surface area contributed by atoms with Crippen molar-refractivity contribution in [3.05, 3.63) is 53.7 Å². The largest absolute Gasteiger partial charge is 0.463 e. The number of hydrogen-bond donors (Lipinski definition) is 2. The van der Waals surface area contributed by atoms with Crippen LogP contribution in [0.2, 0.25) is 0 Å². The van der Waals surface area contributed by atoms with Gasteiger partial charge in [0.25, 0.3) is 0 Å². The summed E-state index contributed by atoms with van der Waals surface area (Å²) >= 11 is 0. The van der Waals surface area contributed by atoms with E-state index in [1.807, 2.05) is 31.2 Å². The Morgan fingerprint density at radius 3 is 2.78 bits per heavy atom. The molecule has 0 radical (unpaired) electrons. The second-order valence-corrected chi connectivity index (χ2v) is 4.61. The summed E-state index contributed by atoms with van der Waals surface area (Å²) in [6.45, 7) is 4.63. The number of nitrogens with zero attached hydrogens (tertiary/aromatic N) is 1. The first-order valence-corrected chi connectivity index (χ1v) is 5.98. The minimum absolute atomic E-state index is 0.413. The molecule has 0 saturated carbocycles. The average Bonchev–Trinajstić information content (AvgIpc) is 2.78. The summed E-state index contributed by atoms with van der Waals surface area (Å²) in [4.78, 5) is 4.21. The van der Waals surface area contributed by atoms with E-state index in [-0.39, 0.29) is 0 Å². The molecule has 0 saturated heterocycles. The van der Waals surface area contributed by atoms with Crippen molar-refractivity contribution in [2.45, 2.75) is 26.0 Å². The molecule has 4 nitrogen and oxygen atoms in total. The van der Waals surface area contributed by atoms with Crippen LogP contribution >= 0.6 is 0 Å². The molecule has 2 aromatic rings. The maximum Gasteiger partial charge on any atom is 0.136 e. The van der Waals surface area contributed by atoms with E-state index < -0.39 is 5.60 Å². The van der Waals surface area contributed by atoms with Gasteiger partial charge >= 0.3 is 0 Å². The van der Waals surface area contributed by atoms with Crippen LogP contribution in [-0.2, 0) is 12.1 Å². The molecule has 0 aliphatic carbocycles. The Bertz CT molecular complexity index is 492. The van der Waals surface area contributed by atoms with E-state index in [0.29, 0.717) is 18.8 Å². The van der Waals surface area contributed by atoms with Crippen molar-refractivity contribution in [2.75, 3.05) is 6.54 Å². The fraction of sp³-hybridized carbons (Fsp3) is 0.357. The predicted octanol–water partition coefficient (Wildman–Crippen LogP) is 1.98. The lowest BCUT2D eigenvalue weighted by atomic mass is 10.0. The van der Waals surface area contributed by atoms with Gasteiger partial charge in [0, 0.05) is 19.3 Å². The molecule has 1 unspecified atom stereocenters. The van der Waals surface area contributed by atoms with Crippen molar-refractivity contribution in [3.63, 3.8) is 0 Å². The predicted molar refractivity (Wildman–Crippen MR) is 69.0 cm³/mol. The molecular formula is C14H18N2O2. The summed E-state index contributed by atoms with van der Waals surface area (Å²) < 4.78 is 5.45. The second kappa shape index (κ2) is 5.33. The monoisotopic (exact) mass is 246 g/mol. The maximum absolute atomic E-state index is 10.3. The third-order valence-corrected chi connectivity index (χ3v) is 2.77. The van der Waals surface area contributed by atoms with E-state index in [2.05, 4.69) is 10.3 Å². The van der Waals surface area contributed by atoms with E-state index in [1.165, 1.54) is 0 Å². The second-order valence-electron chi connectivity index (χ2n) is 4.61. The van der Waals surface area contributed by atoms with Crippen LogP contribution in [0.4, 0.5) is 0 Å². The molecule has 2 N–H and O–H groups in total. The van der Waals surface area contributed by atoms with E-state index in [1.54, 1.807) is 19.2 Å². The minimum Gasteiger partial charge on any atom is -0.463 e. The number of rotatable bonds is 5. The zero-order valence-corrected chi connectivity index (χ0v) is 10.7. The Balaban J connectivity index is 1.89. The van der Waals surface area contributed by atoms with Crippen LogP contribution in [0.3, 0.4) is 0 Å². The zero-order chi connectivity index (χ0) is 13.0. The molecule has 0 aliphatic heterocycles. The summed E-state index contributed by atoms with van der Waals surface area (Å²) in [5, 5.41) is 13.5. The summed E-state index contributed by atoms with van der Waals surface area (Å²) in [5.74, 6) is 1.38. The van der Waals surface area contributed by atoms with Crippen molar-refractivity contribution >= 4 is 0 Å². The van der Waals surface area contributed by atoms with Gasteiger partial charge in [-0.2, -0.15) is 0 Å². The van der Waals surface area contributed by atoms with Crippen LogP contribution in [0.25, 0.3) is 0 Å². The number of hydrogen-bond acceptors (Lipinski definition) is 4. The summed E-state index contributed by atoms with van der Waals surface area (Å²) in [7, 11) is 0. The first kappa shape index (κ1) is 12.8. The Hall–Kier alpha value is -1.65. The standard InChI is InChI=1S/C14H18N2O2/c1-11-6-7-13(18-11)14(2,17)10-15-9-12-5-3-4-8-16-12/h3-8,15,17H,9-10H2,1-2H3. The van der Waals surface area contributed by atoms with Gasteiger partial charge in [-0.3, -0.25) is 4.98 Å². The first-order valence-electron chi connectivity index (χ1n) is 5.98. The Morgan fingerprint density at radius 1 is 1.33 bits per heavy atom. The fourth-order valence-electron chi connectivity index (χ4n) is 1.75. The molecule has 0 aliphatic rings. The van der Waals surface area contributed by atoms with Gasteiger partial charge in [-0.15, -0.1) is 0 Å². The third kappa shape index (κ3) is 3.18.